The Bertz CT molecular complexity index is 995. The number of alkyl halides is 12. The number of rotatable bonds is 21. The Hall–Kier alpha value is -2.72. The van der Waals surface area contributed by atoms with Gasteiger partial charge in [0.15, 0.2) is 0 Å². The first-order valence-corrected chi connectivity index (χ1v) is 12.5. The van der Waals surface area contributed by atoms with Gasteiger partial charge in [0, 0.05) is 24.3 Å². The number of allylic oxidation sites excluding steroid dienone is 1. The van der Waals surface area contributed by atoms with E-state index >= 15 is 0 Å². The van der Waals surface area contributed by atoms with Gasteiger partial charge < -0.3 is 14.6 Å². The van der Waals surface area contributed by atoms with Crippen LogP contribution in [0.3, 0.4) is 0 Å². The Morgan fingerprint density at radius 1 is 0.721 bits per heavy atom. The summed E-state index contributed by atoms with van der Waals surface area (Å²) < 4.78 is 180. The lowest BCUT2D eigenvalue weighted by atomic mass is 9.87. The molecule has 43 heavy (non-hydrogen) atoms. The zero-order valence-corrected chi connectivity index (χ0v) is 23.0. The van der Waals surface area contributed by atoms with Crippen LogP contribution in [0.5, 0.6) is 0 Å². The molecular weight excluding hydrogens is 620 g/mol. The quantitative estimate of drug-likeness (QED) is 0.0456. The summed E-state index contributed by atoms with van der Waals surface area (Å²) in [5, 5.41) is 8.83. The molecule has 0 radical (unpaired) electrons. The Morgan fingerprint density at radius 3 is 1.58 bits per heavy atom. The molecule has 1 unspecified atom stereocenters. The van der Waals surface area contributed by atoms with Gasteiger partial charge in [-0.2, -0.15) is 52.7 Å². The van der Waals surface area contributed by atoms with Gasteiger partial charge in [-0.3, -0.25) is 0 Å². The number of unbranched alkanes of at least 4 members (excludes halogenated alkanes) is 3. The second-order valence-corrected chi connectivity index (χ2v) is 9.74. The van der Waals surface area contributed by atoms with E-state index in [0.717, 1.165) is 6.92 Å². The van der Waals surface area contributed by atoms with Gasteiger partial charge in [0.25, 0.3) is 0 Å². The highest BCUT2D eigenvalue weighted by Crippen LogP contribution is 2.61. The van der Waals surface area contributed by atoms with E-state index in [-0.39, 0.29) is 24.8 Å². The van der Waals surface area contributed by atoms with E-state index in [1.165, 1.54) is 6.08 Å². The number of aliphatic hydroxyl groups is 1. The summed E-state index contributed by atoms with van der Waals surface area (Å²) in [6.07, 6.45) is -5.68. The molecule has 0 rings (SSSR count). The van der Waals surface area contributed by atoms with Crippen LogP contribution < -0.4 is 0 Å². The van der Waals surface area contributed by atoms with E-state index in [1.807, 2.05) is 0 Å². The summed E-state index contributed by atoms with van der Waals surface area (Å²) in [5.74, 6) is -46.4. The summed E-state index contributed by atoms with van der Waals surface area (Å²) >= 11 is 0. The van der Waals surface area contributed by atoms with Gasteiger partial charge in [0.05, 0.1) is 25.4 Å². The number of hydrogen-bond acceptors (Lipinski definition) is 5. The van der Waals surface area contributed by atoms with Crippen LogP contribution in [0.25, 0.3) is 0 Å². The molecule has 0 aliphatic rings. The highest BCUT2D eigenvalue weighted by Gasteiger charge is 2.89. The normalized spacial score (nSPS) is 14.2. The van der Waals surface area contributed by atoms with Crippen molar-refractivity contribution in [3.63, 3.8) is 0 Å². The van der Waals surface area contributed by atoms with Crippen molar-refractivity contribution in [2.75, 3.05) is 19.8 Å². The lowest BCUT2D eigenvalue weighted by Gasteiger charge is -2.41. The maximum atomic E-state index is 14.4. The molecule has 0 aliphatic carbocycles. The van der Waals surface area contributed by atoms with Crippen molar-refractivity contribution >= 4 is 11.9 Å². The maximum absolute atomic E-state index is 14.4. The van der Waals surface area contributed by atoms with Crippen molar-refractivity contribution in [2.24, 2.45) is 5.92 Å². The first-order chi connectivity index (χ1) is 19.4. The van der Waals surface area contributed by atoms with E-state index in [9.17, 15) is 62.3 Å². The second-order valence-electron chi connectivity index (χ2n) is 9.74. The molecule has 0 bridgehead atoms. The highest BCUT2D eigenvalue weighted by atomic mass is 19.4. The largest absolute Gasteiger partial charge is 0.462 e. The van der Waals surface area contributed by atoms with Gasteiger partial charge in [-0.25, -0.2) is 9.59 Å². The Kier molecular flexibility index (Phi) is 14.4. The average molecular weight is 653 g/mol. The van der Waals surface area contributed by atoms with Crippen LogP contribution in [0.1, 0.15) is 51.9 Å². The van der Waals surface area contributed by atoms with E-state index < -0.39 is 104 Å². The zero-order chi connectivity index (χ0) is 34.1. The Morgan fingerprint density at radius 2 is 1.16 bits per heavy atom. The topological polar surface area (TPSA) is 72.8 Å². The van der Waals surface area contributed by atoms with Crippen molar-refractivity contribution in [3.8, 4) is 0 Å². The SMILES string of the molecule is C=CCCCCCC(F)(F)C(F)(F)C(F)(F)C(F)(F)C(F)(F)C(F)(F)CCC(COC(=O)C(=C)C)COC(=O)C(=C)CO. The highest BCUT2D eigenvalue weighted by molar-refractivity contribution is 5.88. The third kappa shape index (κ3) is 9.38. The Balaban J connectivity index is 6.02. The summed E-state index contributed by atoms with van der Waals surface area (Å²) in [7, 11) is 0. The molecule has 0 aromatic rings. The van der Waals surface area contributed by atoms with Crippen LogP contribution in [0.15, 0.2) is 37.0 Å². The fraction of sp³-hybridized carbons (Fsp3) is 0.692. The van der Waals surface area contributed by atoms with Crippen molar-refractivity contribution in [2.45, 2.75) is 87.4 Å². The minimum absolute atomic E-state index is 0.0742. The molecule has 0 fully saturated rings. The van der Waals surface area contributed by atoms with Crippen LogP contribution in [0.4, 0.5) is 52.7 Å². The van der Waals surface area contributed by atoms with Crippen LogP contribution in [-0.2, 0) is 19.1 Å². The van der Waals surface area contributed by atoms with Gasteiger partial charge in [-0.05, 0) is 32.6 Å². The van der Waals surface area contributed by atoms with Gasteiger partial charge in [-0.15, -0.1) is 6.58 Å². The van der Waals surface area contributed by atoms with E-state index in [4.69, 9.17) is 5.11 Å². The number of hydrogen-bond donors (Lipinski definition) is 1. The predicted molar refractivity (Wildman–Crippen MR) is 129 cm³/mol. The smallest absolute Gasteiger partial charge is 0.384 e. The molecule has 0 saturated carbocycles. The molecule has 1 atom stereocenters. The number of halogens is 12. The van der Waals surface area contributed by atoms with Crippen molar-refractivity contribution in [3.05, 3.63) is 37.0 Å². The number of ether oxygens (including phenoxy) is 2. The fourth-order valence-electron chi connectivity index (χ4n) is 3.26. The first kappa shape index (κ1) is 40.3. The van der Waals surface area contributed by atoms with E-state index in [2.05, 4.69) is 29.2 Å². The standard InChI is InChI=1S/C26H32F12O5/c1-5-6-7-8-9-11-21(27,28)23(31,32)25(35,36)26(37,38)24(33,34)22(29,30)12-10-18(14-42-19(40)16(2)3)15-43-20(41)17(4)13-39/h5,18,39H,1-2,4,6-15H2,3H3. The minimum Gasteiger partial charge on any atom is -0.462 e. The lowest BCUT2D eigenvalue weighted by molar-refractivity contribution is -0.426. The van der Waals surface area contributed by atoms with Gasteiger partial charge >= 0.3 is 47.5 Å². The van der Waals surface area contributed by atoms with Crippen molar-refractivity contribution in [1.29, 1.82) is 0 Å². The summed E-state index contributed by atoms with van der Waals surface area (Å²) in [6, 6.07) is 0. The van der Waals surface area contributed by atoms with Crippen LogP contribution in [-0.4, -0.2) is 72.4 Å². The predicted octanol–water partition coefficient (Wildman–Crippen LogP) is 7.54. The van der Waals surface area contributed by atoms with Crippen molar-refractivity contribution < 1.29 is 76.9 Å². The molecule has 250 valence electrons. The van der Waals surface area contributed by atoms with Crippen LogP contribution in [0, 0.1) is 5.92 Å². The molecule has 17 heteroatoms. The fourth-order valence-corrected chi connectivity index (χ4v) is 3.26. The molecule has 0 amide bonds. The maximum Gasteiger partial charge on any atom is 0.384 e. The third-order valence-corrected chi connectivity index (χ3v) is 6.10. The van der Waals surface area contributed by atoms with Gasteiger partial charge in [-0.1, -0.05) is 25.7 Å². The monoisotopic (exact) mass is 652 g/mol. The zero-order valence-electron chi connectivity index (χ0n) is 23.0. The number of carbonyl (C=O) groups excluding carboxylic acids is 2. The lowest BCUT2D eigenvalue weighted by Crippen LogP contribution is -2.70. The molecule has 0 aliphatic heterocycles. The summed E-state index contributed by atoms with van der Waals surface area (Å²) in [6.45, 7) is 7.66. The molecule has 0 spiro atoms. The molecule has 0 aromatic heterocycles. The van der Waals surface area contributed by atoms with Crippen LogP contribution >= 0.6 is 0 Å². The molecule has 0 saturated heterocycles. The van der Waals surface area contributed by atoms with E-state index in [0.29, 0.717) is 0 Å². The second kappa shape index (κ2) is 15.3. The first-order valence-electron chi connectivity index (χ1n) is 12.5. The average Bonchev–Trinajstić information content (AvgIpc) is 2.90. The molecule has 0 heterocycles. The van der Waals surface area contributed by atoms with E-state index in [1.54, 1.807) is 0 Å². The number of carbonyl (C=O) groups is 2. The molecule has 0 aromatic carbocycles. The van der Waals surface area contributed by atoms with Crippen molar-refractivity contribution in [1.82, 2.24) is 0 Å². The number of aliphatic hydroxyl groups excluding tert-OH is 1. The number of esters is 2. The summed E-state index contributed by atoms with van der Waals surface area (Å²) in [5.41, 5.74) is -0.830. The molecule has 1 N–H and O–H groups in total. The van der Waals surface area contributed by atoms with Crippen LogP contribution in [0.2, 0.25) is 0 Å². The molecule has 5 nitrogen and oxygen atoms in total. The third-order valence-electron chi connectivity index (χ3n) is 6.10. The van der Waals surface area contributed by atoms with Gasteiger partial charge in [0.1, 0.15) is 0 Å². The minimum atomic E-state index is -7.72. The summed E-state index contributed by atoms with van der Waals surface area (Å²) in [4.78, 5) is 23.2. The molecular formula is C26H32F12O5. The Labute approximate surface area is 239 Å². The van der Waals surface area contributed by atoms with Gasteiger partial charge in [0.2, 0.25) is 0 Å².